The molecule has 1 aliphatic heterocycles. The molecule has 0 spiro atoms. The number of carbonyl (C=O) groups is 1. The standard InChI is InChI=1S/C20H27N3O2S/c1-2-3-4-9-14-23-19(25)15-10-5-6-11-16(15)22-20(23)26-17-12-7-8-13-21-18(17)24/h5-6,10-11,17H,2-4,7-9,12-14H2,1H3,(H,21,24)/t17-/m1/s1. The first-order valence-corrected chi connectivity index (χ1v) is 10.5. The van der Waals surface area contributed by atoms with Crippen LogP contribution in [0, 0.1) is 0 Å². The Morgan fingerprint density at radius 3 is 2.88 bits per heavy atom. The fourth-order valence-electron chi connectivity index (χ4n) is 3.28. The summed E-state index contributed by atoms with van der Waals surface area (Å²) in [5, 5.41) is 4.12. The molecule has 0 bridgehead atoms. The minimum Gasteiger partial charge on any atom is -0.355 e. The van der Waals surface area contributed by atoms with E-state index in [-0.39, 0.29) is 16.7 Å². The van der Waals surface area contributed by atoms with Gasteiger partial charge in [-0.1, -0.05) is 56.5 Å². The van der Waals surface area contributed by atoms with E-state index < -0.39 is 0 Å². The van der Waals surface area contributed by atoms with E-state index in [2.05, 4.69) is 12.2 Å². The van der Waals surface area contributed by atoms with Crippen molar-refractivity contribution < 1.29 is 4.79 Å². The maximum Gasteiger partial charge on any atom is 0.262 e. The lowest BCUT2D eigenvalue weighted by Crippen LogP contribution is -2.32. The number of carbonyl (C=O) groups excluding carboxylic acids is 1. The number of rotatable bonds is 7. The van der Waals surface area contributed by atoms with Crippen LogP contribution in [0.3, 0.4) is 0 Å². The van der Waals surface area contributed by atoms with Crippen LogP contribution in [-0.4, -0.2) is 27.3 Å². The average Bonchev–Trinajstić information content (AvgIpc) is 2.85. The van der Waals surface area contributed by atoms with Crippen LogP contribution >= 0.6 is 11.8 Å². The predicted octanol–water partition coefficient (Wildman–Crippen LogP) is 3.74. The summed E-state index contributed by atoms with van der Waals surface area (Å²) >= 11 is 1.45. The third-order valence-electron chi connectivity index (χ3n) is 4.79. The maximum atomic E-state index is 13.0. The summed E-state index contributed by atoms with van der Waals surface area (Å²) in [5.41, 5.74) is 0.711. The second-order valence-corrected chi connectivity index (χ2v) is 7.99. The van der Waals surface area contributed by atoms with Gasteiger partial charge >= 0.3 is 0 Å². The summed E-state index contributed by atoms with van der Waals surface area (Å²) in [6, 6.07) is 7.47. The van der Waals surface area contributed by atoms with Gasteiger partial charge in [-0.05, 0) is 31.4 Å². The molecular formula is C20H27N3O2S. The molecule has 3 rings (SSSR count). The Bertz CT molecular complexity index is 818. The number of para-hydroxylation sites is 1. The first-order chi connectivity index (χ1) is 12.7. The van der Waals surface area contributed by atoms with Gasteiger partial charge in [0.25, 0.3) is 5.56 Å². The molecule has 1 aromatic heterocycles. The molecule has 0 saturated carbocycles. The molecule has 0 radical (unpaired) electrons. The predicted molar refractivity (Wildman–Crippen MR) is 107 cm³/mol. The second-order valence-electron chi connectivity index (χ2n) is 6.82. The van der Waals surface area contributed by atoms with Crippen molar-refractivity contribution in [3.05, 3.63) is 34.6 Å². The number of amides is 1. The van der Waals surface area contributed by atoms with Crippen LogP contribution in [0.1, 0.15) is 51.9 Å². The normalized spacial score (nSPS) is 17.9. The number of nitrogens with one attached hydrogen (secondary N) is 1. The lowest BCUT2D eigenvalue weighted by Gasteiger charge is -2.17. The van der Waals surface area contributed by atoms with Crippen LogP contribution in [0.5, 0.6) is 0 Å². The Hall–Kier alpha value is -1.82. The average molecular weight is 374 g/mol. The van der Waals surface area contributed by atoms with Crippen LogP contribution in [0.15, 0.2) is 34.2 Å². The Morgan fingerprint density at radius 1 is 1.19 bits per heavy atom. The fourth-order valence-corrected chi connectivity index (χ4v) is 4.46. The first-order valence-electron chi connectivity index (χ1n) is 9.64. The number of benzene rings is 1. The quantitative estimate of drug-likeness (QED) is 0.593. The first kappa shape index (κ1) is 19.0. The minimum atomic E-state index is -0.174. The van der Waals surface area contributed by atoms with E-state index in [4.69, 9.17) is 4.98 Å². The number of aromatic nitrogens is 2. The second kappa shape index (κ2) is 9.21. The summed E-state index contributed by atoms with van der Waals surface area (Å²) in [6.07, 6.45) is 7.25. The minimum absolute atomic E-state index is 0.00336. The molecule has 1 aliphatic rings. The zero-order valence-electron chi connectivity index (χ0n) is 15.4. The van der Waals surface area contributed by atoms with Gasteiger partial charge in [-0.3, -0.25) is 14.2 Å². The molecule has 1 fully saturated rings. The number of nitrogens with zero attached hydrogens (tertiary/aromatic N) is 2. The van der Waals surface area contributed by atoms with Crippen molar-refractivity contribution in [1.29, 1.82) is 0 Å². The summed E-state index contributed by atoms with van der Waals surface area (Å²) < 4.78 is 1.78. The summed E-state index contributed by atoms with van der Waals surface area (Å²) in [4.78, 5) is 30.1. The lowest BCUT2D eigenvalue weighted by atomic mass is 10.2. The van der Waals surface area contributed by atoms with E-state index in [1.807, 2.05) is 24.3 Å². The highest BCUT2D eigenvalue weighted by Gasteiger charge is 2.24. The molecule has 2 aromatic rings. The van der Waals surface area contributed by atoms with Gasteiger partial charge in [0.1, 0.15) is 0 Å². The molecule has 0 unspecified atom stereocenters. The number of unbranched alkanes of at least 4 members (excludes halogenated alkanes) is 3. The van der Waals surface area contributed by atoms with Crippen molar-refractivity contribution in [3.63, 3.8) is 0 Å². The fraction of sp³-hybridized carbons (Fsp3) is 0.550. The van der Waals surface area contributed by atoms with Gasteiger partial charge in [0, 0.05) is 13.1 Å². The lowest BCUT2D eigenvalue weighted by molar-refractivity contribution is -0.120. The Labute approximate surface area is 158 Å². The zero-order chi connectivity index (χ0) is 18.4. The molecule has 2 heterocycles. The highest BCUT2D eigenvalue weighted by Crippen LogP contribution is 2.27. The van der Waals surface area contributed by atoms with E-state index in [0.29, 0.717) is 22.6 Å². The van der Waals surface area contributed by atoms with E-state index in [1.165, 1.54) is 18.2 Å². The molecule has 140 valence electrons. The van der Waals surface area contributed by atoms with Crippen LogP contribution in [0.25, 0.3) is 10.9 Å². The van der Waals surface area contributed by atoms with Crippen molar-refractivity contribution in [3.8, 4) is 0 Å². The van der Waals surface area contributed by atoms with Gasteiger partial charge in [-0.15, -0.1) is 0 Å². The Morgan fingerprint density at radius 2 is 2.04 bits per heavy atom. The maximum absolute atomic E-state index is 13.0. The van der Waals surface area contributed by atoms with E-state index in [9.17, 15) is 9.59 Å². The zero-order valence-corrected chi connectivity index (χ0v) is 16.2. The molecule has 0 aliphatic carbocycles. The van der Waals surface area contributed by atoms with Crippen LogP contribution in [0.4, 0.5) is 0 Å². The topological polar surface area (TPSA) is 64.0 Å². The monoisotopic (exact) mass is 373 g/mol. The van der Waals surface area contributed by atoms with Gasteiger partial charge in [-0.25, -0.2) is 4.98 Å². The number of hydrogen-bond acceptors (Lipinski definition) is 4. The van der Waals surface area contributed by atoms with Gasteiger partial charge in [-0.2, -0.15) is 0 Å². The van der Waals surface area contributed by atoms with Crippen LogP contribution in [0.2, 0.25) is 0 Å². The van der Waals surface area contributed by atoms with Crippen LogP contribution < -0.4 is 10.9 Å². The SMILES string of the molecule is CCCCCCn1c(S[C@@H]2CCCCNC2=O)nc2ccccc2c1=O. The molecule has 1 aromatic carbocycles. The molecule has 6 heteroatoms. The van der Waals surface area contributed by atoms with Crippen molar-refractivity contribution in [2.45, 2.75) is 68.8 Å². The summed E-state index contributed by atoms with van der Waals surface area (Å²) in [6.45, 7) is 3.58. The molecule has 1 atom stereocenters. The number of thioether (sulfide) groups is 1. The van der Waals surface area contributed by atoms with Crippen molar-refractivity contribution >= 4 is 28.6 Å². The van der Waals surface area contributed by atoms with E-state index in [1.54, 1.807) is 4.57 Å². The largest absolute Gasteiger partial charge is 0.355 e. The van der Waals surface area contributed by atoms with E-state index >= 15 is 0 Å². The Balaban J connectivity index is 1.92. The van der Waals surface area contributed by atoms with E-state index in [0.717, 1.165) is 45.1 Å². The van der Waals surface area contributed by atoms with Gasteiger partial charge in [0.05, 0.1) is 16.2 Å². The molecule has 1 amide bonds. The number of fused-ring (bicyclic) bond motifs is 1. The molecule has 1 N–H and O–H groups in total. The molecular weight excluding hydrogens is 346 g/mol. The Kier molecular flexibility index (Phi) is 6.72. The third kappa shape index (κ3) is 4.47. The summed E-state index contributed by atoms with van der Waals surface area (Å²) in [5.74, 6) is 0.0624. The highest BCUT2D eigenvalue weighted by atomic mass is 32.2. The highest BCUT2D eigenvalue weighted by molar-refractivity contribution is 8.00. The van der Waals surface area contributed by atoms with Crippen LogP contribution in [-0.2, 0) is 11.3 Å². The van der Waals surface area contributed by atoms with Crippen molar-refractivity contribution in [1.82, 2.24) is 14.9 Å². The van der Waals surface area contributed by atoms with Crippen molar-refractivity contribution in [2.75, 3.05) is 6.54 Å². The van der Waals surface area contributed by atoms with Gasteiger partial charge < -0.3 is 5.32 Å². The van der Waals surface area contributed by atoms with Crippen molar-refractivity contribution in [2.24, 2.45) is 0 Å². The molecule has 1 saturated heterocycles. The third-order valence-corrected chi connectivity index (χ3v) is 6.05. The number of hydrogen-bond donors (Lipinski definition) is 1. The molecule has 5 nitrogen and oxygen atoms in total. The molecule has 26 heavy (non-hydrogen) atoms. The van der Waals surface area contributed by atoms with Gasteiger partial charge in [0.2, 0.25) is 5.91 Å². The smallest absolute Gasteiger partial charge is 0.262 e. The van der Waals surface area contributed by atoms with Gasteiger partial charge in [0.15, 0.2) is 5.16 Å². The summed E-state index contributed by atoms with van der Waals surface area (Å²) in [7, 11) is 0.